The fourth-order valence-electron chi connectivity index (χ4n) is 1.52. The molecule has 0 atom stereocenters. The van der Waals surface area contributed by atoms with E-state index in [1.165, 1.54) is 6.20 Å². The van der Waals surface area contributed by atoms with Gasteiger partial charge in [-0.15, -0.1) is 0 Å². The number of halogens is 1. The molecular weight excluding hydrogens is 274 g/mol. The smallest absolute Gasteiger partial charge is 0.341 e. The third kappa shape index (κ3) is 2.19. The lowest BCUT2D eigenvalue weighted by molar-refractivity contribution is 0.0694. The Bertz CT molecular complexity index is 497. The highest BCUT2D eigenvalue weighted by atomic mass is 79.9. The number of carbonyl (C=O) groups is 1. The largest absolute Gasteiger partial charge is 0.477 e. The molecule has 16 heavy (non-hydrogen) atoms. The predicted molar refractivity (Wildman–Crippen MR) is 65.1 cm³/mol. The quantitative estimate of drug-likeness (QED) is 0.863. The zero-order chi connectivity index (χ0) is 12.7. The van der Waals surface area contributed by atoms with Gasteiger partial charge in [-0.05, 0) is 43.6 Å². The van der Waals surface area contributed by atoms with E-state index in [-0.39, 0.29) is 11.1 Å². The van der Waals surface area contributed by atoms with Crippen molar-refractivity contribution in [2.45, 2.75) is 33.2 Å². The van der Waals surface area contributed by atoms with Crippen LogP contribution in [0.15, 0.2) is 15.5 Å². The lowest BCUT2D eigenvalue weighted by Gasteiger charge is -2.27. The molecular formula is C11H14BrNO3. The number of aromatic carboxylic acids is 1. The summed E-state index contributed by atoms with van der Waals surface area (Å²) in [4.78, 5) is 22.6. The van der Waals surface area contributed by atoms with Crippen molar-refractivity contribution in [3.05, 3.63) is 32.2 Å². The summed E-state index contributed by atoms with van der Waals surface area (Å²) in [6, 6.07) is 0. The SMILES string of the molecule is Cc1c(Br)c(=O)c(C(=O)O)cn1C(C)(C)C. The third-order valence-electron chi connectivity index (χ3n) is 2.33. The first-order chi connectivity index (χ1) is 7.16. The predicted octanol–water partition coefficient (Wildman–Crippen LogP) is 2.37. The first-order valence-corrected chi connectivity index (χ1v) is 5.61. The molecule has 0 amide bonds. The first kappa shape index (κ1) is 13.0. The van der Waals surface area contributed by atoms with Crippen molar-refractivity contribution >= 4 is 21.9 Å². The average molecular weight is 288 g/mol. The van der Waals surface area contributed by atoms with Crippen LogP contribution >= 0.6 is 15.9 Å². The van der Waals surface area contributed by atoms with Crippen molar-refractivity contribution < 1.29 is 9.90 Å². The minimum atomic E-state index is -1.20. The number of hydrogen-bond donors (Lipinski definition) is 1. The molecule has 88 valence electrons. The minimum absolute atomic E-state index is 0.215. The van der Waals surface area contributed by atoms with E-state index in [1.54, 1.807) is 11.5 Å². The fourth-order valence-corrected chi connectivity index (χ4v) is 1.93. The van der Waals surface area contributed by atoms with Crippen LogP contribution in [-0.2, 0) is 5.54 Å². The Kier molecular flexibility index (Phi) is 3.28. The molecule has 0 saturated carbocycles. The molecule has 0 aliphatic heterocycles. The van der Waals surface area contributed by atoms with Gasteiger partial charge in [0, 0.05) is 17.4 Å². The van der Waals surface area contributed by atoms with Crippen LogP contribution in [0.4, 0.5) is 0 Å². The van der Waals surface area contributed by atoms with Crippen molar-refractivity contribution in [1.29, 1.82) is 0 Å². The lowest BCUT2D eigenvalue weighted by atomic mass is 10.1. The summed E-state index contributed by atoms with van der Waals surface area (Å²) < 4.78 is 2.09. The van der Waals surface area contributed by atoms with E-state index in [0.717, 1.165) is 5.69 Å². The fraction of sp³-hybridized carbons (Fsp3) is 0.455. The van der Waals surface area contributed by atoms with Crippen LogP contribution in [-0.4, -0.2) is 15.6 Å². The molecule has 1 N–H and O–H groups in total. The van der Waals surface area contributed by atoms with Gasteiger partial charge < -0.3 is 9.67 Å². The Balaban J connectivity index is 3.68. The van der Waals surface area contributed by atoms with Crippen LogP contribution in [0.25, 0.3) is 0 Å². The summed E-state index contributed by atoms with van der Waals surface area (Å²) in [7, 11) is 0. The number of rotatable bonds is 1. The summed E-state index contributed by atoms with van der Waals surface area (Å²) in [5, 5.41) is 8.94. The van der Waals surface area contributed by atoms with Gasteiger partial charge in [0.25, 0.3) is 0 Å². The highest BCUT2D eigenvalue weighted by Crippen LogP contribution is 2.21. The topological polar surface area (TPSA) is 59.3 Å². The summed E-state index contributed by atoms with van der Waals surface area (Å²) in [5.41, 5.74) is -0.245. The van der Waals surface area contributed by atoms with Crippen LogP contribution in [0.3, 0.4) is 0 Å². The van der Waals surface area contributed by atoms with Gasteiger partial charge >= 0.3 is 5.97 Å². The Morgan fingerprint density at radius 1 is 1.44 bits per heavy atom. The van der Waals surface area contributed by atoms with E-state index in [0.29, 0.717) is 4.47 Å². The maximum Gasteiger partial charge on any atom is 0.341 e. The number of carboxylic acid groups (broad SMARTS) is 1. The van der Waals surface area contributed by atoms with E-state index in [1.807, 2.05) is 20.8 Å². The number of carboxylic acids is 1. The van der Waals surface area contributed by atoms with Gasteiger partial charge in [0.1, 0.15) is 5.56 Å². The van der Waals surface area contributed by atoms with E-state index in [9.17, 15) is 9.59 Å². The van der Waals surface area contributed by atoms with Crippen LogP contribution in [0.5, 0.6) is 0 Å². The second-order valence-electron chi connectivity index (χ2n) is 4.62. The highest BCUT2D eigenvalue weighted by molar-refractivity contribution is 9.10. The molecule has 1 rings (SSSR count). The highest BCUT2D eigenvalue weighted by Gasteiger charge is 2.21. The molecule has 0 saturated heterocycles. The van der Waals surface area contributed by atoms with E-state index < -0.39 is 11.4 Å². The van der Waals surface area contributed by atoms with Gasteiger partial charge in [0.15, 0.2) is 0 Å². The summed E-state index contributed by atoms with van der Waals surface area (Å²) in [6.07, 6.45) is 1.39. The van der Waals surface area contributed by atoms with Crippen molar-refractivity contribution in [1.82, 2.24) is 4.57 Å². The van der Waals surface area contributed by atoms with Crippen molar-refractivity contribution in [3.63, 3.8) is 0 Å². The third-order valence-corrected chi connectivity index (χ3v) is 3.27. The first-order valence-electron chi connectivity index (χ1n) is 4.81. The Morgan fingerprint density at radius 3 is 2.31 bits per heavy atom. The van der Waals surface area contributed by atoms with E-state index in [2.05, 4.69) is 15.9 Å². The Labute approximate surface area is 102 Å². The summed E-state index contributed by atoms with van der Waals surface area (Å²) in [6.45, 7) is 7.62. The molecule has 4 nitrogen and oxygen atoms in total. The summed E-state index contributed by atoms with van der Waals surface area (Å²) in [5.74, 6) is -1.20. The van der Waals surface area contributed by atoms with Crippen LogP contribution in [0.1, 0.15) is 36.8 Å². The van der Waals surface area contributed by atoms with Crippen molar-refractivity contribution in [2.24, 2.45) is 0 Å². The molecule has 0 aliphatic rings. The molecule has 0 aromatic carbocycles. The molecule has 5 heteroatoms. The Hall–Kier alpha value is -1.10. The zero-order valence-electron chi connectivity index (χ0n) is 9.67. The van der Waals surface area contributed by atoms with Gasteiger partial charge in [-0.2, -0.15) is 0 Å². The molecule has 0 bridgehead atoms. The molecule has 0 radical (unpaired) electrons. The number of aromatic nitrogens is 1. The maximum atomic E-state index is 11.7. The number of pyridine rings is 1. The van der Waals surface area contributed by atoms with Crippen molar-refractivity contribution in [2.75, 3.05) is 0 Å². The van der Waals surface area contributed by atoms with Gasteiger partial charge in [0.05, 0.1) is 4.47 Å². The maximum absolute atomic E-state index is 11.7. The van der Waals surface area contributed by atoms with Gasteiger partial charge in [-0.25, -0.2) is 4.79 Å². The molecule has 0 unspecified atom stereocenters. The molecule has 0 fully saturated rings. The van der Waals surface area contributed by atoms with E-state index >= 15 is 0 Å². The van der Waals surface area contributed by atoms with Crippen LogP contribution < -0.4 is 5.43 Å². The Morgan fingerprint density at radius 2 is 1.94 bits per heavy atom. The second kappa shape index (κ2) is 4.05. The van der Waals surface area contributed by atoms with Crippen molar-refractivity contribution in [3.8, 4) is 0 Å². The molecule has 0 aliphatic carbocycles. The molecule has 1 heterocycles. The molecule has 0 spiro atoms. The molecule has 1 aromatic rings. The van der Waals surface area contributed by atoms with Gasteiger partial charge in [-0.3, -0.25) is 4.79 Å². The average Bonchev–Trinajstić information content (AvgIpc) is 2.11. The second-order valence-corrected chi connectivity index (χ2v) is 5.41. The van der Waals surface area contributed by atoms with E-state index in [4.69, 9.17) is 5.11 Å². The minimum Gasteiger partial charge on any atom is -0.477 e. The van der Waals surface area contributed by atoms with Crippen LogP contribution in [0.2, 0.25) is 0 Å². The lowest BCUT2D eigenvalue weighted by Crippen LogP contribution is -2.29. The summed E-state index contributed by atoms with van der Waals surface area (Å²) >= 11 is 3.14. The standard InChI is InChI=1S/C11H14BrNO3/c1-6-8(12)9(14)7(10(15)16)5-13(6)11(2,3)4/h5H,1-4H3,(H,15,16). The monoisotopic (exact) mass is 287 g/mol. The number of nitrogens with zero attached hydrogens (tertiary/aromatic N) is 1. The van der Waals surface area contributed by atoms with Gasteiger partial charge in [0.2, 0.25) is 5.43 Å². The normalized spacial score (nSPS) is 11.6. The number of hydrogen-bond acceptors (Lipinski definition) is 2. The zero-order valence-corrected chi connectivity index (χ0v) is 11.3. The molecule has 1 aromatic heterocycles. The van der Waals surface area contributed by atoms with Gasteiger partial charge in [-0.1, -0.05) is 0 Å². The van der Waals surface area contributed by atoms with Crippen LogP contribution in [0, 0.1) is 6.92 Å².